The van der Waals surface area contributed by atoms with Crippen LogP contribution in [0.25, 0.3) is 0 Å². The van der Waals surface area contributed by atoms with E-state index in [9.17, 15) is 8.42 Å². The highest BCUT2D eigenvalue weighted by Gasteiger charge is 2.38. The summed E-state index contributed by atoms with van der Waals surface area (Å²) in [5.41, 5.74) is 5.63. The van der Waals surface area contributed by atoms with Gasteiger partial charge in [-0.1, -0.05) is 13.0 Å². The maximum Gasteiger partial charge on any atom is 0.243 e. The molecule has 1 aliphatic rings. The first-order chi connectivity index (χ1) is 8.37. The maximum atomic E-state index is 12.5. The van der Waals surface area contributed by atoms with Crippen LogP contribution in [0.15, 0.2) is 29.2 Å². The van der Waals surface area contributed by atoms with Crippen molar-refractivity contribution >= 4 is 32.6 Å². The zero-order valence-corrected chi connectivity index (χ0v) is 13.2. The molecule has 1 aliphatic heterocycles. The van der Waals surface area contributed by atoms with E-state index in [0.29, 0.717) is 24.5 Å². The first kappa shape index (κ1) is 14.2. The van der Waals surface area contributed by atoms with Crippen molar-refractivity contribution < 1.29 is 8.42 Å². The van der Waals surface area contributed by atoms with Crippen LogP contribution in [0.1, 0.15) is 13.3 Å². The number of nitrogens with two attached hydrogens (primary N) is 1. The third-order valence-electron chi connectivity index (χ3n) is 3.45. The van der Waals surface area contributed by atoms with E-state index in [1.807, 2.05) is 13.0 Å². The molecule has 1 heterocycles. The zero-order chi connectivity index (χ0) is 13.4. The Bertz CT molecular complexity index is 547. The Hall–Kier alpha value is -0.180. The van der Waals surface area contributed by atoms with Gasteiger partial charge in [-0.3, -0.25) is 0 Å². The zero-order valence-electron chi connectivity index (χ0n) is 10.3. The summed E-state index contributed by atoms with van der Waals surface area (Å²) in [4.78, 5) is 0.371. The molecule has 0 aliphatic carbocycles. The Morgan fingerprint density at radius 1 is 1.50 bits per heavy atom. The molecular formula is C12H17IN2O2S. The standard InChI is InChI=1S/C12H17IN2O2S/c1-12(8-14)5-6-15(9-12)18(16,17)11-4-2-3-10(13)7-11/h2-4,7H,5-6,8-9,14H2,1H3. The van der Waals surface area contributed by atoms with E-state index in [4.69, 9.17) is 5.73 Å². The Kier molecular flexibility index (Phi) is 4.01. The van der Waals surface area contributed by atoms with Crippen molar-refractivity contribution in [3.05, 3.63) is 27.8 Å². The van der Waals surface area contributed by atoms with Crippen molar-refractivity contribution in [2.24, 2.45) is 11.1 Å². The second-order valence-corrected chi connectivity index (χ2v) is 8.24. The van der Waals surface area contributed by atoms with Crippen LogP contribution in [-0.2, 0) is 10.0 Å². The molecule has 100 valence electrons. The van der Waals surface area contributed by atoms with Crippen molar-refractivity contribution in [3.63, 3.8) is 0 Å². The number of sulfonamides is 1. The predicted octanol–water partition coefficient (Wildman–Crippen LogP) is 1.65. The molecule has 2 N–H and O–H groups in total. The number of halogens is 1. The van der Waals surface area contributed by atoms with E-state index >= 15 is 0 Å². The molecular weight excluding hydrogens is 363 g/mol. The molecule has 1 aromatic rings. The average Bonchev–Trinajstić information content (AvgIpc) is 2.73. The molecule has 0 spiro atoms. The molecule has 1 saturated heterocycles. The molecule has 1 atom stereocenters. The lowest BCUT2D eigenvalue weighted by atomic mass is 9.90. The van der Waals surface area contributed by atoms with Gasteiger partial charge in [0.25, 0.3) is 0 Å². The fourth-order valence-electron chi connectivity index (χ4n) is 2.13. The molecule has 0 radical (unpaired) electrons. The second-order valence-electron chi connectivity index (χ2n) is 5.06. The normalized spacial score (nSPS) is 25.5. The highest BCUT2D eigenvalue weighted by molar-refractivity contribution is 14.1. The summed E-state index contributed by atoms with van der Waals surface area (Å²) in [7, 11) is -3.37. The smallest absolute Gasteiger partial charge is 0.243 e. The molecule has 0 aromatic heterocycles. The minimum absolute atomic E-state index is 0.0883. The van der Waals surface area contributed by atoms with E-state index in [1.165, 1.54) is 0 Å². The van der Waals surface area contributed by atoms with Crippen LogP contribution in [0.3, 0.4) is 0 Å². The molecule has 1 fully saturated rings. The number of nitrogens with zero attached hydrogens (tertiary/aromatic N) is 1. The minimum atomic E-state index is -3.37. The van der Waals surface area contributed by atoms with Crippen molar-refractivity contribution in [2.45, 2.75) is 18.2 Å². The number of hydrogen-bond donors (Lipinski definition) is 1. The van der Waals surface area contributed by atoms with Gasteiger partial charge in [0.05, 0.1) is 4.90 Å². The van der Waals surface area contributed by atoms with Crippen LogP contribution >= 0.6 is 22.6 Å². The lowest BCUT2D eigenvalue weighted by molar-refractivity contribution is 0.349. The fraction of sp³-hybridized carbons (Fsp3) is 0.500. The third-order valence-corrected chi connectivity index (χ3v) is 5.96. The molecule has 4 nitrogen and oxygen atoms in total. The summed E-state index contributed by atoms with van der Waals surface area (Å²) in [6, 6.07) is 7.00. The van der Waals surface area contributed by atoms with Gasteiger partial charge in [0.2, 0.25) is 10.0 Å². The van der Waals surface area contributed by atoms with Gasteiger partial charge in [-0.2, -0.15) is 4.31 Å². The average molecular weight is 380 g/mol. The summed E-state index contributed by atoms with van der Waals surface area (Å²) < 4.78 is 27.4. The molecule has 18 heavy (non-hydrogen) atoms. The van der Waals surface area contributed by atoms with Crippen LogP contribution in [0.2, 0.25) is 0 Å². The van der Waals surface area contributed by atoms with Gasteiger partial charge in [0.15, 0.2) is 0 Å². The first-order valence-corrected chi connectivity index (χ1v) is 8.35. The Morgan fingerprint density at radius 2 is 2.22 bits per heavy atom. The minimum Gasteiger partial charge on any atom is -0.330 e. The van der Waals surface area contributed by atoms with Gasteiger partial charge < -0.3 is 5.73 Å². The molecule has 1 unspecified atom stereocenters. The molecule has 2 rings (SSSR count). The molecule has 0 bridgehead atoms. The summed E-state index contributed by atoms with van der Waals surface area (Å²) in [5, 5.41) is 0. The van der Waals surface area contributed by atoms with Crippen LogP contribution < -0.4 is 5.73 Å². The monoisotopic (exact) mass is 380 g/mol. The first-order valence-electron chi connectivity index (χ1n) is 5.83. The summed E-state index contributed by atoms with van der Waals surface area (Å²) in [6.45, 7) is 3.63. The van der Waals surface area contributed by atoms with E-state index in [0.717, 1.165) is 9.99 Å². The lowest BCUT2D eigenvalue weighted by Gasteiger charge is -2.22. The highest BCUT2D eigenvalue weighted by Crippen LogP contribution is 2.32. The van der Waals surface area contributed by atoms with Gasteiger partial charge in [-0.25, -0.2) is 8.42 Å². The van der Waals surface area contributed by atoms with E-state index < -0.39 is 10.0 Å². The Morgan fingerprint density at radius 3 is 2.78 bits per heavy atom. The second kappa shape index (κ2) is 5.07. The Balaban J connectivity index is 2.28. The quantitative estimate of drug-likeness (QED) is 0.812. The van der Waals surface area contributed by atoms with Crippen molar-refractivity contribution in [3.8, 4) is 0 Å². The lowest BCUT2D eigenvalue weighted by Crippen LogP contribution is -2.34. The SMILES string of the molecule is CC1(CN)CCN(S(=O)(=O)c2cccc(I)c2)C1. The van der Waals surface area contributed by atoms with Crippen molar-refractivity contribution in [1.29, 1.82) is 0 Å². The third kappa shape index (κ3) is 2.71. The molecule has 1 aromatic carbocycles. The summed E-state index contributed by atoms with van der Waals surface area (Å²) in [6.07, 6.45) is 0.826. The predicted molar refractivity (Wildman–Crippen MR) is 79.7 cm³/mol. The van der Waals surface area contributed by atoms with Crippen LogP contribution in [-0.4, -0.2) is 32.4 Å². The van der Waals surface area contributed by atoms with Gasteiger partial charge in [-0.05, 0) is 59.2 Å². The fourth-order valence-corrected chi connectivity index (χ4v) is 4.52. The molecule has 0 amide bonds. The number of rotatable bonds is 3. The number of hydrogen-bond acceptors (Lipinski definition) is 3. The molecule has 0 saturated carbocycles. The van der Waals surface area contributed by atoms with Gasteiger partial charge >= 0.3 is 0 Å². The van der Waals surface area contributed by atoms with Crippen molar-refractivity contribution in [1.82, 2.24) is 4.31 Å². The van der Waals surface area contributed by atoms with Gasteiger partial charge in [-0.15, -0.1) is 0 Å². The van der Waals surface area contributed by atoms with Gasteiger partial charge in [0.1, 0.15) is 0 Å². The topological polar surface area (TPSA) is 63.4 Å². The van der Waals surface area contributed by atoms with E-state index in [1.54, 1.807) is 22.5 Å². The maximum absolute atomic E-state index is 12.5. The highest BCUT2D eigenvalue weighted by atomic mass is 127. The van der Waals surface area contributed by atoms with E-state index in [-0.39, 0.29) is 5.41 Å². The van der Waals surface area contributed by atoms with Crippen molar-refractivity contribution in [2.75, 3.05) is 19.6 Å². The van der Waals surface area contributed by atoms with Crippen LogP contribution in [0, 0.1) is 8.99 Å². The largest absolute Gasteiger partial charge is 0.330 e. The summed E-state index contributed by atoms with van der Waals surface area (Å²) in [5.74, 6) is 0. The Labute approximate surface area is 122 Å². The van der Waals surface area contributed by atoms with E-state index in [2.05, 4.69) is 22.6 Å². The summed E-state index contributed by atoms with van der Waals surface area (Å²) >= 11 is 2.12. The van der Waals surface area contributed by atoms with Gasteiger partial charge in [0, 0.05) is 16.7 Å². The number of benzene rings is 1. The molecule has 6 heteroatoms. The van der Waals surface area contributed by atoms with Crippen LogP contribution in [0.5, 0.6) is 0 Å². The van der Waals surface area contributed by atoms with Crippen LogP contribution in [0.4, 0.5) is 0 Å².